The maximum atomic E-state index is 15.6. The minimum atomic E-state index is -2.45. The van der Waals surface area contributed by atoms with Crippen molar-refractivity contribution in [1.29, 1.82) is 0 Å². The molecule has 2 bridgehead atoms. The van der Waals surface area contributed by atoms with E-state index in [1.54, 1.807) is 20.8 Å². The van der Waals surface area contributed by atoms with E-state index in [0.29, 0.717) is 17.1 Å². The molecule has 65 heavy (non-hydrogen) atoms. The third-order valence-electron chi connectivity index (χ3n) is 13.3. The number of aliphatic hydroxyl groups is 3. The number of esters is 4. The average Bonchev–Trinajstić information content (AvgIpc) is 3.23. The first-order chi connectivity index (χ1) is 30.5. The molecule has 4 aliphatic rings. The first-order valence-electron chi connectivity index (χ1n) is 21.2. The molecule has 5 rings (SSSR count). The highest BCUT2D eigenvalue weighted by Gasteiger charge is 2.78. The number of nitrogens with one attached hydrogen (secondary N) is 1. The number of carbonyl (C=O) groups excluding carboxylic acids is 6. The number of aliphatic hydroxyl groups excluding tert-OH is 2. The largest absolute Gasteiger partial charge is 0.497 e. The van der Waals surface area contributed by atoms with Crippen LogP contribution in [0.15, 0.2) is 53.1 Å². The summed E-state index contributed by atoms with van der Waals surface area (Å²) in [6, 6.07) is 3.03. The zero-order chi connectivity index (χ0) is 48.4. The van der Waals surface area contributed by atoms with Gasteiger partial charge in [-0.25, -0.2) is 9.59 Å². The van der Waals surface area contributed by atoms with E-state index in [0.717, 1.165) is 6.92 Å². The van der Waals surface area contributed by atoms with Crippen LogP contribution in [-0.4, -0.2) is 138 Å². The number of hydrogen-bond acceptors (Lipinski definition) is 18. The molecule has 2 saturated carbocycles. The summed E-state index contributed by atoms with van der Waals surface area (Å²) in [4.78, 5) is 83.8. The lowest BCUT2D eigenvalue weighted by Gasteiger charge is -2.67. The van der Waals surface area contributed by atoms with Crippen LogP contribution in [0, 0.1) is 16.7 Å². The van der Waals surface area contributed by atoms with E-state index in [9.17, 15) is 39.3 Å². The molecule has 1 aliphatic heterocycles. The Morgan fingerprint density at radius 1 is 1.05 bits per heavy atom. The van der Waals surface area contributed by atoms with Crippen LogP contribution in [0.1, 0.15) is 85.0 Å². The average molecular weight is 948 g/mol. The summed E-state index contributed by atoms with van der Waals surface area (Å²) in [5.74, 6) is -6.18. The monoisotopic (exact) mass is 947 g/mol. The number of amides is 1. The summed E-state index contributed by atoms with van der Waals surface area (Å²) in [5, 5.41) is 40.3. The van der Waals surface area contributed by atoms with Gasteiger partial charge in [-0.05, 0) is 70.2 Å². The van der Waals surface area contributed by atoms with E-state index in [4.69, 9.17) is 33.2 Å². The molecule has 1 amide bonds. The minimum Gasteiger partial charge on any atom is -0.497 e. The molecule has 1 aromatic rings. The van der Waals surface area contributed by atoms with Crippen LogP contribution in [-0.2, 0) is 47.7 Å². The molecule has 3 fully saturated rings. The van der Waals surface area contributed by atoms with E-state index < -0.39 is 113 Å². The van der Waals surface area contributed by atoms with E-state index in [1.807, 2.05) is 6.26 Å². The molecule has 1 saturated heterocycles. The van der Waals surface area contributed by atoms with E-state index in [-0.39, 0.29) is 41.9 Å². The van der Waals surface area contributed by atoms with Crippen LogP contribution in [0.5, 0.6) is 11.5 Å². The first-order valence-corrected chi connectivity index (χ1v) is 23.9. The molecular formula is C46H61NO16S2. The number of ether oxygens (including phenoxy) is 7. The van der Waals surface area contributed by atoms with Crippen molar-refractivity contribution in [3.05, 3.63) is 58.7 Å². The Hall–Kier alpha value is -4.40. The van der Waals surface area contributed by atoms with Gasteiger partial charge in [-0.3, -0.25) is 19.2 Å². The lowest BCUT2D eigenvalue weighted by Crippen LogP contribution is -2.82. The second-order valence-corrected chi connectivity index (χ2v) is 20.4. The summed E-state index contributed by atoms with van der Waals surface area (Å²) >= 11 is 0. The lowest BCUT2D eigenvalue weighted by molar-refractivity contribution is -0.346. The first kappa shape index (κ1) is 51.6. The summed E-state index contributed by atoms with van der Waals surface area (Å²) in [6.45, 7) is 11.8. The van der Waals surface area contributed by atoms with Gasteiger partial charge in [0.25, 0.3) is 0 Å². The molecule has 4 N–H and O–H groups in total. The van der Waals surface area contributed by atoms with Crippen LogP contribution in [0.4, 0.5) is 0 Å². The highest BCUT2D eigenvalue weighted by Crippen LogP contribution is 2.64. The summed E-state index contributed by atoms with van der Waals surface area (Å²) in [5.41, 5.74) is -7.51. The quantitative estimate of drug-likeness (QED) is 0.0458. The van der Waals surface area contributed by atoms with Crippen LogP contribution in [0.25, 0.3) is 0 Å². The summed E-state index contributed by atoms with van der Waals surface area (Å²) in [7, 11) is 5.61. The Morgan fingerprint density at radius 2 is 1.74 bits per heavy atom. The number of rotatable bonds is 16. The van der Waals surface area contributed by atoms with Gasteiger partial charge in [0.2, 0.25) is 5.91 Å². The van der Waals surface area contributed by atoms with Gasteiger partial charge in [0.1, 0.15) is 53.2 Å². The summed E-state index contributed by atoms with van der Waals surface area (Å²) < 4.78 is 41.7. The molecule has 3 aliphatic carbocycles. The van der Waals surface area contributed by atoms with Crippen LogP contribution >= 0.6 is 21.6 Å². The van der Waals surface area contributed by atoms with Crippen LogP contribution < -0.4 is 14.8 Å². The Kier molecular flexibility index (Phi) is 16.0. The standard InChI is InChI=1S/C46H61NO16S2/c1-12-13-33(49)47-28(18-23(2)3)36(51)42(55)60-30-21-46(56)40(62-41(54)27-15-14-26(57-9)19-29(27)58-10)38-44(8,39(53)37(52)35(24(30)4)43(46,6)7)31(61-34(50)16-17-65-64-11)20-32-45(38,22-59-32)63-25(5)48/h12-15,18-19,28,30-32,36-38,40,51-52,56H,16-17,20-22H2,1-11H3,(H,47,49)/b13-12+/t28-,30-,31-,32+,36+,37+,38-,40-,44+,45-,46+/m0/s1. The molecule has 0 spiro atoms. The van der Waals surface area contributed by atoms with Gasteiger partial charge in [0, 0.05) is 37.0 Å². The van der Waals surface area contributed by atoms with Crippen molar-refractivity contribution in [1.82, 2.24) is 5.32 Å². The summed E-state index contributed by atoms with van der Waals surface area (Å²) in [6.07, 6.45) is -4.73. The van der Waals surface area contributed by atoms with E-state index >= 15 is 4.79 Å². The SMILES string of the molecule is C/C=C/C(=O)N[C@@H](C=C(C)C)[C@@H](O)C(=O)O[C@H]1C[C@@]2(O)[C@@H](OC(=O)c3ccc(OC)cc3OC)[C@@H]3[C@]4(OC(C)=O)CO[C@@H]4C[C@H](OC(=O)CCSSC)[C@@]3(C)C(=O)[C@H](O)C(=C1C)C2(C)C. The number of carbonyl (C=O) groups is 6. The lowest BCUT2D eigenvalue weighted by atomic mass is 9.44. The normalized spacial score (nSPS) is 31.0. The smallest absolute Gasteiger partial charge is 0.342 e. The number of ketones is 1. The number of Topliss-reactive ketones (excluding diaryl/α,β-unsaturated/α-hetero) is 1. The molecule has 358 valence electrons. The van der Waals surface area contributed by atoms with E-state index in [2.05, 4.69) is 5.32 Å². The zero-order valence-corrected chi connectivity index (χ0v) is 40.2. The fourth-order valence-electron chi connectivity index (χ4n) is 10.0. The topological polar surface area (TPSA) is 240 Å². The minimum absolute atomic E-state index is 0.0205. The molecule has 11 atom stereocenters. The molecule has 17 nitrogen and oxygen atoms in total. The number of methoxy groups -OCH3 is 2. The van der Waals surface area contributed by atoms with Crippen molar-refractivity contribution in [2.24, 2.45) is 16.7 Å². The zero-order valence-electron chi connectivity index (χ0n) is 38.6. The molecular weight excluding hydrogens is 887 g/mol. The van der Waals surface area contributed by atoms with Crippen molar-refractivity contribution in [3.63, 3.8) is 0 Å². The molecule has 1 aromatic carbocycles. The third kappa shape index (κ3) is 9.59. The van der Waals surface area contributed by atoms with Gasteiger partial charge in [-0.1, -0.05) is 53.2 Å². The molecule has 0 aromatic heterocycles. The second kappa shape index (κ2) is 20.2. The molecule has 0 unspecified atom stereocenters. The maximum absolute atomic E-state index is 15.6. The van der Waals surface area contributed by atoms with Crippen molar-refractivity contribution in [2.45, 2.75) is 129 Å². The maximum Gasteiger partial charge on any atom is 0.342 e. The van der Waals surface area contributed by atoms with Crippen molar-refractivity contribution < 1.29 is 77.2 Å². The number of fused-ring (bicyclic) bond motifs is 5. The van der Waals surface area contributed by atoms with Gasteiger partial charge in [0.05, 0.1) is 44.6 Å². The predicted molar refractivity (Wildman–Crippen MR) is 239 cm³/mol. The van der Waals surface area contributed by atoms with Crippen molar-refractivity contribution >= 4 is 57.2 Å². The van der Waals surface area contributed by atoms with Crippen molar-refractivity contribution in [2.75, 3.05) is 32.8 Å². The predicted octanol–water partition coefficient (Wildman–Crippen LogP) is 3.99. The fraction of sp³-hybridized carbons (Fsp3) is 0.609. The van der Waals surface area contributed by atoms with Gasteiger partial charge >= 0.3 is 23.9 Å². The second-order valence-electron chi connectivity index (χ2n) is 17.7. The number of benzene rings is 1. The molecule has 19 heteroatoms. The van der Waals surface area contributed by atoms with Crippen LogP contribution in [0.3, 0.4) is 0 Å². The van der Waals surface area contributed by atoms with Gasteiger partial charge in [0.15, 0.2) is 17.5 Å². The third-order valence-corrected chi connectivity index (χ3v) is 15.1. The van der Waals surface area contributed by atoms with E-state index in [1.165, 1.54) is 99.9 Å². The van der Waals surface area contributed by atoms with Gasteiger partial charge in [-0.15, -0.1) is 0 Å². The molecule has 0 radical (unpaired) electrons. The Bertz CT molecular complexity index is 2130. The van der Waals surface area contributed by atoms with Gasteiger partial charge in [-0.2, -0.15) is 0 Å². The Morgan fingerprint density at radius 3 is 2.31 bits per heavy atom. The Balaban J connectivity index is 1.77. The fourth-order valence-corrected chi connectivity index (χ4v) is 11.2. The van der Waals surface area contributed by atoms with Crippen LogP contribution in [0.2, 0.25) is 0 Å². The van der Waals surface area contributed by atoms with Crippen molar-refractivity contribution in [3.8, 4) is 11.5 Å². The number of hydrogen-bond donors (Lipinski definition) is 4. The molecule has 1 heterocycles. The highest BCUT2D eigenvalue weighted by atomic mass is 33.1. The Labute approximate surface area is 386 Å². The number of allylic oxidation sites excluding steroid dienone is 2. The highest BCUT2D eigenvalue weighted by molar-refractivity contribution is 8.76. The van der Waals surface area contributed by atoms with Gasteiger partial charge < -0.3 is 53.8 Å².